The SMILES string of the molecule is O=C1Nc2ncc(C=CC(=O)N3CC4C=C(c5ccccc5)CC4C3)cc2Cn2cncc21. The molecule has 164 valence electrons. The summed E-state index contributed by atoms with van der Waals surface area (Å²) in [5.74, 6) is 1.28. The van der Waals surface area contributed by atoms with Crippen molar-refractivity contribution in [2.24, 2.45) is 11.8 Å². The second-order valence-electron chi connectivity index (χ2n) is 8.90. The van der Waals surface area contributed by atoms with Crippen molar-refractivity contribution in [1.82, 2.24) is 19.4 Å². The van der Waals surface area contributed by atoms with Gasteiger partial charge in [0.25, 0.3) is 5.91 Å². The summed E-state index contributed by atoms with van der Waals surface area (Å²) in [6.45, 7) is 2.05. The molecule has 0 spiro atoms. The van der Waals surface area contributed by atoms with E-state index in [4.69, 9.17) is 0 Å². The number of amides is 2. The maximum Gasteiger partial charge on any atom is 0.275 e. The highest BCUT2D eigenvalue weighted by molar-refractivity contribution is 6.03. The zero-order valence-electron chi connectivity index (χ0n) is 18.0. The summed E-state index contributed by atoms with van der Waals surface area (Å²) >= 11 is 0. The zero-order chi connectivity index (χ0) is 22.4. The number of rotatable bonds is 3. The van der Waals surface area contributed by atoms with Crippen molar-refractivity contribution in [1.29, 1.82) is 0 Å². The summed E-state index contributed by atoms with van der Waals surface area (Å²) < 4.78 is 1.79. The van der Waals surface area contributed by atoms with Crippen LogP contribution < -0.4 is 5.32 Å². The van der Waals surface area contributed by atoms with Crippen LogP contribution in [0.25, 0.3) is 11.6 Å². The molecule has 1 aromatic carbocycles. The third kappa shape index (κ3) is 3.65. The normalized spacial score (nSPS) is 21.3. The monoisotopic (exact) mass is 437 g/mol. The van der Waals surface area contributed by atoms with E-state index in [0.29, 0.717) is 29.9 Å². The number of imidazole rings is 1. The maximum atomic E-state index is 12.8. The smallest absolute Gasteiger partial charge is 0.275 e. The molecule has 0 bridgehead atoms. The first-order valence-corrected chi connectivity index (χ1v) is 11.2. The van der Waals surface area contributed by atoms with Gasteiger partial charge in [-0.25, -0.2) is 9.97 Å². The molecule has 0 saturated carbocycles. The summed E-state index contributed by atoms with van der Waals surface area (Å²) in [7, 11) is 0. The number of nitrogens with one attached hydrogen (secondary N) is 1. The molecule has 1 saturated heterocycles. The van der Waals surface area contributed by atoms with Crippen molar-refractivity contribution >= 4 is 29.3 Å². The van der Waals surface area contributed by atoms with E-state index in [1.165, 1.54) is 11.1 Å². The lowest BCUT2D eigenvalue weighted by molar-refractivity contribution is -0.125. The highest BCUT2D eigenvalue weighted by atomic mass is 16.2. The van der Waals surface area contributed by atoms with Gasteiger partial charge in [-0.3, -0.25) is 9.59 Å². The molecule has 2 aromatic heterocycles. The molecule has 0 radical (unpaired) electrons. The number of pyridine rings is 1. The molecule has 1 aliphatic carbocycles. The van der Waals surface area contributed by atoms with Crippen LogP contribution in [-0.4, -0.2) is 44.3 Å². The number of anilines is 1. The van der Waals surface area contributed by atoms with E-state index in [9.17, 15) is 9.59 Å². The fourth-order valence-electron chi connectivity index (χ4n) is 5.07. The van der Waals surface area contributed by atoms with Gasteiger partial charge in [-0.2, -0.15) is 0 Å². The van der Waals surface area contributed by atoms with Gasteiger partial charge < -0.3 is 14.8 Å². The molecule has 4 heterocycles. The van der Waals surface area contributed by atoms with Gasteiger partial charge in [0, 0.05) is 30.9 Å². The molecule has 2 aliphatic heterocycles. The van der Waals surface area contributed by atoms with Gasteiger partial charge in [0.15, 0.2) is 0 Å². The molecular formula is C26H23N5O2. The van der Waals surface area contributed by atoms with Crippen LogP contribution in [0.5, 0.6) is 0 Å². The number of carbonyl (C=O) groups excluding carboxylic acids is 2. The summed E-state index contributed by atoms with van der Waals surface area (Å²) in [5, 5.41) is 2.82. The molecule has 1 N–H and O–H groups in total. The standard InChI is InChI=1S/C26H23N5O2/c32-24(30-13-20-9-19(10-21(20)14-30)18-4-2-1-3-5-18)7-6-17-8-22-15-31-16-27-12-23(31)26(33)29-25(22)28-11-17/h1-9,11-12,16,20-21H,10,13-15H2,(H,28,29,33). The van der Waals surface area contributed by atoms with Gasteiger partial charge in [0.05, 0.1) is 19.1 Å². The van der Waals surface area contributed by atoms with Gasteiger partial charge in [0.1, 0.15) is 11.5 Å². The summed E-state index contributed by atoms with van der Waals surface area (Å²) in [4.78, 5) is 35.5. The Morgan fingerprint density at radius 2 is 2.03 bits per heavy atom. The third-order valence-electron chi connectivity index (χ3n) is 6.77. The van der Waals surface area contributed by atoms with E-state index in [1.54, 1.807) is 35.4 Å². The lowest BCUT2D eigenvalue weighted by Crippen LogP contribution is -2.27. The number of likely N-dealkylation sites (tertiary alicyclic amines) is 1. The van der Waals surface area contributed by atoms with Crippen LogP contribution in [0.15, 0.2) is 67.3 Å². The minimum Gasteiger partial charge on any atom is -0.338 e. The number of benzene rings is 1. The van der Waals surface area contributed by atoms with Crippen LogP contribution in [0, 0.1) is 11.8 Å². The van der Waals surface area contributed by atoms with Crippen LogP contribution in [0.2, 0.25) is 0 Å². The molecule has 7 nitrogen and oxygen atoms in total. The number of fused-ring (bicyclic) bond motifs is 3. The number of hydrogen-bond donors (Lipinski definition) is 1. The van der Waals surface area contributed by atoms with Crippen molar-refractivity contribution in [3.8, 4) is 0 Å². The molecule has 33 heavy (non-hydrogen) atoms. The molecule has 6 rings (SSSR count). The van der Waals surface area contributed by atoms with E-state index < -0.39 is 0 Å². The van der Waals surface area contributed by atoms with E-state index in [0.717, 1.165) is 30.6 Å². The van der Waals surface area contributed by atoms with Crippen LogP contribution in [0.1, 0.15) is 33.6 Å². The number of allylic oxidation sites excluding steroid dienone is 1. The number of hydrogen-bond acceptors (Lipinski definition) is 4. The van der Waals surface area contributed by atoms with Crippen LogP contribution in [-0.2, 0) is 11.3 Å². The fraction of sp³-hybridized carbons (Fsp3) is 0.231. The lowest BCUT2D eigenvalue weighted by atomic mass is 9.98. The largest absolute Gasteiger partial charge is 0.338 e. The molecule has 3 aliphatic rings. The molecule has 2 atom stereocenters. The first-order valence-electron chi connectivity index (χ1n) is 11.2. The Kier molecular flexibility index (Phi) is 4.68. The number of nitrogens with zero attached hydrogens (tertiary/aromatic N) is 4. The Balaban J connectivity index is 1.14. The Morgan fingerprint density at radius 1 is 1.15 bits per heavy atom. The number of carbonyl (C=O) groups is 2. The van der Waals surface area contributed by atoms with E-state index in [-0.39, 0.29) is 11.8 Å². The Hall–Kier alpha value is -4.00. The Bertz CT molecular complexity index is 1310. The second-order valence-corrected chi connectivity index (χ2v) is 8.90. The first-order chi connectivity index (χ1) is 16.1. The molecule has 1 fully saturated rings. The quantitative estimate of drug-likeness (QED) is 0.637. The first kappa shape index (κ1) is 19.7. The minimum absolute atomic E-state index is 0.0270. The van der Waals surface area contributed by atoms with Gasteiger partial charge in [-0.05, 0) is 47.1 Å². The summed E-state index contributed by atoms with van der Waals surface area (Å²) in [6, 6.07) is 12.5. The van der Waals surface area contributed by atoms with E-state index in [2.05, 4.69) is 45.6 Å². The van der Waals surface area contributed by atoms with Crippen molar-refractivity contribution in [2.75, 3.05) is 18.4 Å². The summed E-state index contributed by atoms with van der Waals surface area (Å²) in [5.41, 5.74) is 4.90. The average Bonchev–Trinajstić information content (AvgIpc) is 3.53. The minimum atomic E-state index is -0.221. The van der Waals surface area contributed by atoms with Crippen molar-refractivity contribution in [3.63, 3.8) is 0 Å². The molecule has 3 aromatic rings. The molecular weight excluding hydrogens is 414 g/mol. The zero-order valence-corrected chi connectivity index (χ0v) is 18.0. The second kappa shape index (κ2) is 7.85. The maximum absolute atomic E-state index is 12.8. The van der Waals surface area contributed by atoms with Gasteiger partial charge in [0.2, 0.25) is 5.91 Å². The van der Waals surface area contributed by atoms with Crippen LogP contribution >= 0.6 is 0 Å². The predicted octanol–water partition coefficient (Wildman–Crippen LogP) is 3.47. The fourth-order valence-corrected chi connectivity index (χ4v) is 5.07. The third-order valence-corrected chi connectivity index (χ3v) is 6.77. The van der Waals surface area contributed by atoms with Gasteiger partial charge in [-0.15, -0.1) is 0 Å². The molecule has 2 amide bonds. The van der Waals surface area contributed by atoms with E-state index in [1.807, 2.05) is 17.0 Å². The van der Waals surface area contributed by atoms with Gasteiger partial charge in [-0.1, -0.05) is 36.4 Å². The highest BCUT2D eigenvalue weighted by Gasteiger charge is 2.37. The Morgan fingerprint density at radius 3 is 2.88 bits per heavy atom. The average molecular weight is 438 g/mol. The lowest BCUT2D eigenvalue weighted by Gasteiger charge is -2.15. The predicted molar refractivity (Wildman–Crippen MR) is 125 cm³/mol. The van der Waals surface area contributed by atoms with Crippen molar-refractivity contribution in [2.45, 2.75) is 13.0 Å². The topological polar surface area (TPSA) is 80.1 Å². The van der Waals surface area contributed by atoms with Crippen LogP contribution in [0.4, 0.5) is 5.82 Å². The Labute approximate surface area is 191 Å². The van der Waals surface area contributed by atoms with Crippen molar-refractivity contribution in [3.05, 3.63) is 89.7 Å². The van der Waals surface area contributed by atoms with Crippen LogP contribution in [0.3, 0.4) is 0 Å². The molecule has 2 unspecified atom stereocenters. The number of aromatic nitrogens is 3. The van der Waals surface area contributed by atoms with Gasteiger partial charge >= 0.3 is 0 Å². The van der Waals surface area contributed by atoms with E-state index >= 15 is 0 Å². The highest BCUT2D eigenvalue weighted by Crippen LogP contribution is 2.41. The van der Waals surface area contributed by atoms with Crippen molar-refractivity contribution < 1.29 is 9.59 Å². The summed E-state index contributed by atoms with van der Waals surface area (Å²) in [6.07, 6.45) is 11.7. The molecule has 7 heteroatoms.